The van der Waals surface area contributed by atoms with Crippen LogP contribution in [0.25, 0.3) is 10.9 Å². The molecule has 1 heterocycles. The lowest BCUT2D eigenvalue weighted by molar-refractivity contribution is 0.622. The summed E-state index contributed by atoms with van der Waals surface area (Å²) in [5.74, 6) is -0.225. The van der Waals surface area contributed by atoms with E-state index in [9.17, 15) is 9.18 Å². The molecule has 1 aromatic heterocycles. The Labute approximate surface area is 107 Å². The molecule has 0 amide bonds. The van der Waals surface area contributed by atoms with Gasteiger partial charge in [0.2, 0.25) is 0 Å². The van der Waals surface area contributed by atoms with Crippen LogP contribution in [0.2, 0.25) is 0 Å². The number of aryl methyl sites for hydroxylation is 1. The van der Waals surface area contributed by atoms with Gasteiger partial charge in [-0.2, -0.15) is 0 Å². The van der Waals surface area contributed by atoms with E-state index in [4.69, 9.17) is 0 Å². The Morgan fingerprint density at radius 2 is 2.00 bits per heavy atom. The summed E-state index contributed by atoms with van der Waals surface area (Å²) in [6, 6.07) is 2.88. The molecule has 0 aliphatic rings. The van der Waals surface area contributed by atoms with Crippen molar-refractivity contribution in [2.45, 2.75) is 26.7 Å². The smallest absolute Gasteiger partial charge is 0.193 e. The summed E-state index contributed by atoms with van der Waals surface area (Å²) in [6.07, 6.45) is 0. The van der Waals surface area contributed by atoms with E-state index in [0.29, 0.717) is 15.4 Å². The van der Waals surface area contributed by atoms with Gasteiger partial charge >= 0.3 is 0 Å². The molecule has 2 aromatic rings. The van der Waals surface area contributed by atoms with Gasteiger partial charge in [-0.25, -0.2) is 4.39 Å². The average molecular weight is 298 g/mol. The van der Waals surface area contributed by atoms with Crippen LogP contribution in [0.4, 0.5) is 4.39 Å². The maximum atomic E-state index is 13.4. The lowest BCUT2D eigenvalue weighted by Crippen LogP contribution is -2.14. The van der Waals surface area contributed by atoms with Gasteiger partial charge in [0, 0.05) is 16.6 Å². The van der Waals surface area contributed by atoms with Gasteiger partial charge in [0.15, 0.2) is 5.43 Å². The SMILES string of the molecule is Cc1[nH]c2cc(F)c(Br)cc2c(=O)c1C(C)C. The molecule has 1 aromatic carbocycles. The van der Waals surface area contributed by atoms with E-state index in [0.717, 1.165) is 11.3 Å². The minimum Gasteiger partial charge on any atom is -0.358 e. The zero-order valence-electron chi connectivity index (χ0n) is 9.90. The molecule has 2 rings (SSSR count). The molecule has 0 fully saturated rings. The molecule has 90 valence electrons. The number of hydrogen-bond donors (Lipinski definition) is 1. The lowest BCUT2D eigenvalue weighted by atomic mass is 9.99. The van der Waals surface area contributed by atoms with E-state index in [1.54, 1.807) is 0 Å². The van der Waals surface area contributed by atoms with Gasteiger partial charge in [0.25, 0.3) is 0 Å². The molecule has 0 unspecified atom stereocenters. The van der Waals surface area contributed by atoms with Gasteiger partial charge < -0.3 is 4.98 Å². The second-order valence-electron chi connectivity index (χ2n) is 4.46. The third kappa shape index (κ3) is 2.02. The fraction of sp³-hybridized carbons (Fsp3) is 0.308. The molecule has 0 atom stereocenters. The Morgan fingerprint density at radius 3 is 2.59 bits per heavy atom. The molecule has 2 nitrogen and oxygen atoms in total. The Balaban J connectivity index is 2.93. The van der Waals surface area contributed by atoms with E-state index in [-0.39, 0.29) is 17.2 Å². The van der Waals surface area contributed by atoms with Crippen molar-refractivity contribution in [1.82, 2.24) is 4.98 Å². The van der Waals surface area contributed by atoms with E-state index in [1.165, 1.54) is 12.1 Å². The molecule has 4 heteroatoms. The third-order valence-electron chi connectivity index (χ3n) is 2.85. The van der Waals surface area contributed by atoms with Gasteiger partial charge in [-0.1, -0.05) is 13.8 Å². The van der Waals surface area contributed by atoms with Crippen molar-refractivity contribution in [1.29, 1.82) is 0 Å². The van der Waals surface area contributed by atoms with Crippen molar-refractivity contribution in [3.8, 4) is 0 Å². The quantitative estimate of drug-likeness (QED) is 0.852. The molecular formula is C13H13BrFNO. The largest absolute Gasteiger partial charge is 0.358 e. The summed E-state index contributed by atoms with van der Waals surface area (Å²) < 4.78 is 13.7. The second kappa shape index (κ2) is 4.26. The zero-order valence-corrected chi connectivity index (χ0v) is 11.5. The van der Waals surface area contributed by atoms with Crippen LogP contribution in [0.3, 0.4) is 0 Å². The number of aromatic amines is 1. The summed E-state index contributed by atoms with van der Waals surface area (Å²) in [5.41, 5.74) is 2.08. The van der Waals surface area contributed by atoms with Crippen LogP contribution in [-0.2, 0) is 0 Å². The Morgan fingerprint density at radius 1 is 1.35 bits per heavy atom. The van der Waals surface area contributed by atoms with Gasteiger partial charge in [0.1, 0.15) is 5.82 Å². The molecule has 0 aliphatic heterocycles. The predicted octanol–water partition coefficient (Wildman–Crippen LogP) is 3.86. The highest BCUT2D eigenvalue weighted by Gasteiger charge is 2.13. The maximum Gasteiger partial charge on any atom is 0.193 e. The number of H-pyrrole nitrogens is 1. The molecule has 0 bridgehead atoms. The first-order chi connectivity index (χ1) is 7.91. The summed E-state index contributed by atoms with van der Waals surface area (Å²) in [7, 11) is 0. The van der Waals surface area contributed by atoms with Crippen LogP contribution < -0.4 is 5.43 Å². The lowest BCUT2D eigenvalue weighted by Gasteiger charge is -2.11. The molecule has 0 spiro atoms. The van der Waals surface area contributed by atoms with Gasteiger partial charge in [0.05, 0.1) is 9.99 Å². The summed E-state index contributed by atoms with van der Waals surface area (Å²) in [4.78, 5) is 15.4. The van der Waals surface area contributed by atoms with E-state index >= 15 is 0 Å². The topological polar surface area (TPSA) is 32.9 Å². The van der Waals surface area contributed by atoms with E-state index < -0.39 is 0 Å². The van der Waals surface area contributed by atoms with Crippen LogP contribution in [0.1, 0.15) is 31.0 Å². The molecule has 0 saturated heterocycles. The van der Waals surface area contributed by atoms with Crippen molar-refractivity contribution < 1.29 is 4.39 Å². The number of aromatic nitrogens is 1. The maximum absolute atomic E-state index is 13.4. The molecule has 17 heavy (non-hydrogen) atoms. The highest BCUT2D eigenvalue weighted by Crippen LogP contribution is 2.23. The Bertz CT molecular complexity index is 646. The number of hydrogen-bond acceptors (Lipinski definition) is 1. The van der Waals surface area contributed by atoms with E-state index in [1.807, 2.05) is 20.8 Å². The first-order valence-corrected chi connectivity index (χ1v) is 6.22. The predicted molar refractivity (Wildman–Crippen MR) is 71.1 cm³/mol. The molecular weight excluding hydrogens is 285 g/mol. The normalized spacial score (nSPS) is 11.4. The fourth-order valence-corrected chi connectivity index (χ4v) is 2.46. The third-order valence-corrected chi connectivity index (χ3v) is 3.46. The van der Waals surface area contributed by atoms with Crippen molar-refractivity contribution in [3.05, 3.63) is 43.9 Å². The first kappa shape index (κ1) is 12.3. The van der Waals surface area contributed by atoms with Crippen molar-refractivity contribution in [2.24, 2.45) is 0 Å². The van der Waals surface area contributed by atoms with Crippen molar-refractivity contribution in [3.63, 3.8) is 0 Å². The standard InChI is InChI=1S/C13H13BrFNO/c1-6(2)12-7(3)16-11-5-10(15)9(14)4-8(11)13(12)17/h4-6H,1-3H3,(H,16,17). The summed E-state index contributed by atoms with van der Waals surface area (Å²) >= 11 is 3.10. The molecule has 0 radical (unpaired) electrons. The Hall–Kier alpha value is -1.16. The summed E-state index contributed by atoms with van der Waals surface area (Å²) in [6.45, 7) is 5.79. The highest BCUT2D eigenvalue weighted by atomic mass is 79.9. The fourth-order valence-electron chi connectivity index (χ4n) is 2.12. The van der Waals surface area contributed by atoms with Crippen LogP contribution in [0, 0.1) is 12.7 Å². The minimum absolute atomic E-state index is 0.0213. The van der Waals surface area contributed by atoms with Gasteiger partial charge in [-0.3, -0.25) is 4.79 Å². The summed E-state index contributed by atoms with van der Waals surface area (Å²) in [5, 5.41) is 0.521. The number of benzene rings is 1. The monoisotopic (exact) mass is 297 g/mol. The first-order valence-electron chi connectivity index (χ1n) is 5.43. The van der Waals surface area contributed by atoms with E-state index in [2.05, 4.69) is 20.9 Å². The number of fused-ring (bicyclic) bond motifs is 1. The minimum atomic E-state index is -0.371. The molecule has 1 N–H and O–H groups in total. The average Bonchev–Trinajstić information content (AvgIpc) is 2.21. The van der Waals surface area contributed by atoms with Gasteiger partial charge in [-0.15, -0.1) is 0 Å². The van der Waals surface area contributed by atoms with Crippen LogP contribution >= 0.6 is 15.9 Å². The van der Waals surface area contributed by atoms with Crippen molar-refractivity contribution in [2.75, 3.05) is 0 Å². The van der Waals surface area contributed by atoms with Gasteiger partial charge in [-0.05, 0) is 40.9 Å². The zero-order chi connectivity index (χ0) is 12.7. The number of rotatable bonds is 1. The van der Waals surface area contributed by atoms with Crippen LogP contribution in [0.15, 0.2) is 21.4 Å². The highest BCUT2D eigenvalue weighted by molar-refractivity contribution is 9.10. The number of pyridine rings is 1. The Kier molecular flexibility index (Phi) is 3.08. The van der Waals surface area contributed by atoms with Crippen LogP contribution in [0.5, 0.6) is 0 Å². The molecule has 0 saturated carbocycles. The van der Waals surface area contributed by atoms with Crippen molar-refractivity contribution >= 4 is 26.8 Å². The number of halogens is 2. The number of nitrogens with one attached hydrogen (secondary N) is 1. The second-order valence-corrected chi connectivity index (χ2v) is 5.31. The van der Waals surface area contributed by atoms with Crippen LogP contribution in [-0.4, -0.2) is 4.98 Å². The molecule has 0 aliphatic carbocycles.